The van der Waals surface area contributed by atoms with Gasteiger partial charge in [0, 0.05) is 30.4 Å². The van der Waals surface area contributed by atoms with Crippen LogP contribution in [-0.4, -0.2) is 29.1 Å². The second-order valence-electron chi connectivity index (χ2n) is 4.87. The van der Waals surface area contributed by atoms with Gasteiger partial charge in [-0.2, -0.15) is 0 Å². The Labute approximate surface area is 95.9 Å². The van der Waals surface area contributed by atoms with Crippen LogP contribution in [0.1, 0.15) is 29.9 Å². The van der Waals surface area contributed by atoms with Gasteiger partial charge in [0.25, 0.3) is 0 Å². The van der Waals surface area contributed by atoms with Gasteiger partial charge in [-0.05, 0) is 32.6 Å². The van der Waals surface area contributed by atoms with Gasteiger partial charge in [-0.15, -0.1) is 0 Å². The molecule has 1 aliphatic heterocycles. The van der Waals surface area contributed by atoms with E-state index in [1.54, 1.807) is 0 Å². The summed E-state index contributed by atoms with van der Waals surface area (Å²) in [4.78, 5) is 11.5. The molecule has 1 atom stereocenters. The molecule has 1 unspecified atom stereocenters. The predicted molar refractivity (Wildman–Crippen MR) is 63.6 cm³/mol. The highest BCUT2D eigenvalue weighted by Gasteiger charge is 2.26. The van der Waals surface area contributed by atoms with E-state index in [0.717, 1.165) is 44.0 Å². The topological polar surface area (TPSA) is 55.0 Å². The Kier molecular flexibility index (Phi) is 2.32. The van der Waals surface area contributed by atoms with E-state index in [-0.39, 0.29) is 0 Å². The van der Waals surface area contributed by atoms with Crippen LogP contribution in [0, 0.1) is 6.92 Å². The van der Waals surface area contributed by atoms with Crippen LogP contribution in [0.15, 0.2) is 0 Å². The number of nitrogens with zero attached hydrogens (tertiary/aromatic N) is 3. The van der Waals surface area contributed by atoms with Crippen molar-refractivity contribution >= 4 is 5.82 Å². The zero-order valence-electron chi connectivity index (χ0n) is 9.74. The maximum absolute atomic E-state index is 5.96. The molecule has 0 radical (unpaired) electrons. The summed E-state index contributed by atoms with van der Waals surface area (Å²) < 4.78 is 0. The molecule has 1 aliphatic carbocycles. The molecule has 3 rings (SSSR count). The quantitative estimate of drug-likeness (QED) is 0.758. The van der Waals surface area contributed by atoms with Crippen molar-refractivity contribution in [3.8, 4) is 0 Å². The van der Waals surface area contributed by atoms with E-state index < -0.39 is 0 Å². The second kappa shape index (κ2) is 3.70. The van der Waals surface area contributed by atoms with Gasteiger partial charge in [-0.3, -0.25) is 0 Å². The molecule has 1 fully saturated rings. The van der Waals surface area contributed by atoms with Crippen molar-refractivity contribution in [3.05, 3.63) is 17.1 Å². The smallest absolute Gasteiger partial charge is 0.135 e. The van der Waals surface area contributed by atoms with Gasteiger partial charge in [0.15, 0.2) is 0 Å². The first-order chi connectivity index (χ1) is 7.74. The molecule has 86 valence electrons. The zero-order valence-corrected chi connectivity index (χ0v) is 9.74. The van der Waals surface area contributed by atoms with E-state index in [9.17, 15) is 0 Å². The molecule has 1 saturated heterocycles. The molecule has 0 bridgehead atoms. The average Bonchev–Trinajstić information content (AvgIpc) is 2.84. The molecule has 1 aromatic rings. The molecule has 4 heteroatoms. The van der Waals surface area contributed by atoms with Crippen molar-refractivity contribution in [1.82, 2.24) is 9.97 Å². The largest absolute Gasteiger partial charge is 0.355 e. The van der Waals surface area contributed by atoms with Crippen molar-refractivity contribution in [3.63, 3.8) is 0 Å². The van der Waals surface area contributed by atoms with Crippen LogP contribution < -0.4 is 10.6 Å². The van der Waals surface area contributed by atoms with Crippen LogP contribution in [0.3, 0.4) is 0 Å². The van der Waals surface area contributed by atoms with Crippen molar-refractivity contribution in [1.29, 1.82) is 0 Å². The fourth-order valence-corrected chi connectivity index (χ4v) is 2.77. The fraction of sp³-hybridized carbons (Fsp3) is 0.667. The maximum atomic E-state index is 5.96. The highest BCUT2D eigenvalue weighted by atomic mass is 15.2. The first-order valence-corrected chi connectivity index (χ1v) is 6.11. The number of anilines is 1. The first-order valence-electron chi connectivity index (χ1n) is 6.11. The average molecular weight is 218 g/mol. The van der Waals surface area contributed by atoms with Crippen LogP contribution in [0.25, 0.3) is 0 Å². The molecule has 2 heterocycles. The van der Waals surface area contributed by atoms with Gasteiger partial charge in [-0.25, -0.2) is 9.97 Å². The molecular weight excluding hydrogens is 200 g/mol. The summed E-state index contributed by atoms with van der Waals surface area (Å²) in [5.74, 6) is 2.06. The van der Waals surface area contributed by atoms with Gasteiger partial charge < -0.3 is 10.6 Å². The van der Waals surface area contributed by atoms with Crippen LogP contribution in [0.5, 0.6) is 0 Å². The third-order valence-electron chi connectivity index (χ3n) is 3.55. The van der Waals surface area contributed by atoms with E-state index in [4.69, 9.17) is 5.73 Å². The summed E-state index contributed by atoms with van der Waals surface area (Å²) in [5, 5.41) is 0. The van der Waals surface area contributed by atoms with Crippen molar-refractivity contribution in [2.75, 3.05) is 18.0 Å². The Balaban J connectivity index is 2.00. The number of hydrogen-bond acceptors (Lipinski definition) is 4. The summed E-state index contributed by atoms with van der Waals surface area (Å²) in [6, 6.07) is 0.312. The summed E-state index contributed by atoms with van der Waals surface area (Å²) in [6.07, 6.45) is 4.56. The normalized spacial score (nSPS) is 23.9. The Morgan fingerprint density at radius 1 is 1.31 bits per heavy atom. The van der Waals surface area contributed by atoms with Gasteiger partial charge >= 0.3 is 0 Å². The number of aromatic nitrogens is 2. The first kappa shape index (κ1) is 10.0. The van der Waals surface area contributed by atoms with Crippen molar-refractivity contribution in [2.24, 2.45) is 5.73 Å². The van der Waals surface area contributed by atoms with Crippen molar-refractivity contribution in [2.45, 2.75) is 38.6 Å². The molecule has 0 spiro atoms. The van der Waals surface area contributed by atoms with E-state index in [1.165, 1.54) is 17.7 Å². The highest BCUT2D eigenvalue weighted by Crippen LogP contribution is 2.30. The summed E-state index contributed by atoms with van der Waals surface area (Å²) in [5.41, 5.74) is 8.60. The number of hydrogen-bond donors (Lipinski definition) is 1. The highest BCUT2D eigenvalue weighted by molar-refractivity contribution is 5.52. The third-order valence-corrected chi connectivity index (χ3v) is 3.55. The van der Waals surface area contributed by atoms with Gasteiger partial charge in [-0.1, -0.05) is 0 Å². The van der Waals surface area contributed by atoms with E-state index in [2.05, 4.69) is 14.9 Å². The Morgan fingerprint density at radius 3 is 2.94 bits per heavy atom. The Bertz CT molecular complexity index is 416. The molecule has 4 nitrogen and oxygen atoms in total. The summed E-state index contributed by atoms with van der Waals surface area (Å²) >= 11 is 0. The molecule has 2 aliphatic rings. The predicted octanol–water partition coefficient (Wildman–Crippen LogP) is 0.811. The molecule has 0 aromatic carbocycles. The monoisotopic (exact) mass is 218 g/mol. The Hall–Kier alpha value is -1.16. The maximum Gasteiger partial charge on any atom is 0.135 e. The SMILES string of the molecule is Cc1nc2c(c(N3CCC(N)C3)n1)CCC2. The number of fused-ring (bicyclic) bond motifs is 1. The van der Waals surface area contributed by atoms with Gasteiger partial charge in [0.2, 0.25) is 0 Å². The van der Waals surface area contributed by atoms with Gasteiger partial charge in [0.1, 0.15) is 11.6 Å². The summed E-state index contributed by atoms with van der Waals surface area (Å²) in [6.45, 7) is 3.98. The minimum atomic E-state index is 0.312. The fourth-order valence-electron chi connectivity index (χ4n) is 2.77. The lowest BCUT2D eigenvalue weighted by molar-refractivity contribution is 0.750. The lowest BCUT2D eigenvalue weighted by Crippen LogP contribution is -2.28. The molecule has 16 heavy (non-hydrogen) atoms. The molecule has 1 aromatic heterocycles. The van der Waals surface area contributed by atoms with E-state index in [0.29, 0.717) is 6.04 Å². The van der Waals surface area contributed by atoms with Crippen LogP contribution >= 0.6 is 0 Å². The molecule has 0 amide bonds. The van der Waals surface area contributed by atoms with Crippen LogP contribution in [0.4, 0.5) is 5.82 Å². The van der Waals surface area contributed by atoms with Crippen LogP contribution in [0.2, 0.25) is 0 Å². The molecule has 2 N–H and O–H groups in total. The second-order valence-corrected chi connectivity index (χ2v) is 4.87. The lowest BCUT2D eigenvalue weighted by Gasteiger charge is -2.20. The lowest BCUT2D eigenvalue weighted by atomic mass is 10.2. The summed E-state index contributed by atoms with van der Waals surface area (Å²) in [7, 11) is 0. The third kappa shape index (κ3) is 1.57. The zero-order chi connectivity index (χ0) is 11.1. The van der Waals surface area contributed by atoms with Crippen molar-refractivity contribution < 1.29 is 0 Å². The number of nitrogens with two attached hydrogens (primary N) is 1. The standard InChI is InChI=1S/C12H18N4/c1-8-14-11-4-2-3-10(11)12(15-8)16-6-5-9(13)7-16/h9H,2-7,13H2,1H3. The van der Waals surface area contributed by atoms with E-state index in [1.807, 2.05) is 6.92 Å². The number of aryl methyl sites for hydroxylation is 2. The number of rotatable bonds is 1. The van der Waals surface area contributed by atoms with E-state index >= 15 is 0 Å². The minimum absolute atomic E-state index is 0.312. The Morgan fingerprint density at radius 2 is 2.19 bits per heavy atom. The minimum Gasteiger partial charge on any atom is -0.355 e. The van der Waals surface area contributed by atoms with Crippen LogP contribution in [-0.2, 0) is 12.8 Å². The van der Waals surface area contributed by atoms with Gasteiger partial charge in [0.05, 0.1) is 0 Å². The molecular formula is C12H18N4. The molecule has 0 saturated carbocycles.